The molecule has 29 heavy (non-hydrogen) atoms. The van der Waals surface area contributed by atoms with Crippen molar-refractivity contribution in [1.82, 2.24) is 5.32 Å². The molecule has 4 amide bonds. The molecule has 2 aromatic carbocycles. The van der Waals surface area contributed by atoms with Crippen molar-refractivity contribution in [3.63, 3.8) is 0 Å². The maximum absolute atomic E-state index is 12.1. The van der Waals surface area contributed by atoms with Gasteiger partial charge >= 0.3 is 6.03 Å². The molecule has 148 valence electrons. The minimum Gasteiger partial charge on any atom is -0.459 e. The quantitative estimate of drug-likeness (QED) is 0.491. The van der Waals surface area contributed by atoms with E-state index in [2.05, 4.69) is 21.3 Å². The predicted molar refractivity (Wildman–Crippen MR) is 110 cm³/mol. The fourth-order valence-corrected chi connectivity index (χ4v) is 2.50. The molecule has 0 atom stereocenters. The zero-order valence-electron chi connectivity index (χ0n) is 15.5. The summed E-state index contributed by atoms with van der Waals surface area (Å²) in [7, 11) is 0. The molecule has 1 heterocycles. The Bertz CT molecular complexity index is 971. The topological polar surface area (TPSA) is 112 Å². The van der Waals surface area contributed by atoms with Gasteiger partial charge in [0.15, 0.2) is 5.76 Å². The SMILES string of the molecule is O=C(CCNC(=O)c1ccco1)Nc1cccc(NC(=O)Nc2ccccc2)c1. The molecule has 4 N–H and O–H groups in total. The monoisotopic (exact) mass is 392 g/mol. The van der Waals surface area contributed by atoms with E-state index in [1.54, 1.807) is 48.5 Å². The molecule has 0 bridgehead atoms. The largest absolute Gasteiger partial charge is 0.459 e. The van der Waals surface area contributed by atoms with E-state index in [9.17, 15) is 14.4 Å². The second-order valence-electron chi connectivity index (χ2n) is 6.06. The highest BCUT2D eigenvalue weighted by molar-refractivity contribution is 6.00. The third kappa shape index (κ3) is 6.24. The lowest BCUT2D eigenvalue weighted by atomic mass is 10.2. The first-order valence-electron chi connectivity index (χ1n) is 8.95. The van der Waals surface area contributed by atoms with Gasteiger partial charge in [0.25, 0.3) is 5.91 Å². The van der Waals surface area contributed by atoms with Gasteiger partial charge < -0.3 is 25.7 Å². The number of benzene rings is 2. The Kier molecular flexibility index (Phi) is 6.62. The third-order valence-electron chi connectivity index (χ3n) is 3.82. The van der Waals surface area contributed by atoms with Crippen molar-refractivity contribution >= 4 is 34.9 Å². The lowest BCUT2D eigenvalue weighted by Gasteiger charge is -2.10. The molecule has 8 heteroatoms. The Morgan fingerprint density at radius 3 is 2.17 bits per heavy atom. The standard InChI is InChI=1S/C21H20N4O4/c26-19(11-12-22-20(27)18-10-5-13-29-18)23-16-8-4-9-17(14-16)25-21(28)24-15-6-2-1-3-7-15/h1-10,13-14H,11-12H2,(H,22,27)(H,23,26)(H2,24,25,28). The first-order valence-corrected chi connectivity index (χ1v) is 8.95. The molecule has 0 fully saturated rings. The summed E-state index contributed by atoms with van der Waals surface area (Å²) in [5.74, 6) is -0.452. The van der Waals surface area contributed by atoms with Crippen LogP contribution in [0.2, 0.25) is 0 Å². The van der Waals surface area contributed by atoms with Crippen LogP contribution in [0.5, 0.6) is 0 Å². The van der Waals surface area contributed by atoms with Gasteiger partial charge in [-0.3, -0.25) is 9.59 Å². The molecule has 3 aromatic rings. The number of para-hydroxylation sites is 1. The van der Waals surface area contributed by atoms with Gasteiger partial charge in [-0.05, 0) is 42.5 Å². The molecule has 0 aliphatic carbocycles. The van der Waals surface area contributed by atoms with E-state index in [0.717, 1.165) is 0 Å². The van der Waals surface area contributed by atoms with Crippen molar-refractivity contribution in [2.24, 2.45) is 0 Å². The fraction of sp³-hybridized carbons (Fsp3) is 0.0952. The summed E-state index contributed by atoms with van der Waals surface area (Å²) in [5, 5.41) is 10.8. The van der Waals surface area contributed by atoms with Crippen molar-refractivity contribution in [2.75, 3.05) is 22.5 Å². The molecule has 3 rings (SSSR count). The number of rotatable bonds is 7. The average molecular weight is 392 g/mol. The highest BCUT2D eigenvalue weighted by Crippen LogP contribution is 2.16. The first-order chi connectivity index (χ1) is 14.1. The second kappa shape index (κ2) is 9.75. The maximum atomic E-state index is 12.1. The number of furan rings is 1. The van der Waals surface area contributed by atoms with Crippen LogP contribution in [0, 0.1) is 0 Å². The first kappa shape index (κ1) is 19.7. The van der Waals surface area contributed by atoms with Crippen molar-refractivity contribution in [3.05, 3.63) is 78.8 Å². The van der Waals surface area contributed by atoms with Crippen LogP contribution in [0.25, 0.3) is 0 Å². The normalized spacial score (nSPS) is 10.1. The van der Waals surface area contributed by atoms with Crippen molar-refractivity contribution < 1.29 is 18.8 Å². The molecule has 8 nitrogen and oxygen atoms in total. The van der Waals surface area contributed by atoms with Crippen LogP contribution in [-0.2, 0) is 4.79 Å². The molecule has 0 unspecified atom stereocenters. The molecule has 0 spiro atoms. The molecular formula is C21H20N4O4. The zero-order valence-corrected chi connectivity index (χ0v) is 15.5. The molecule has 0 radical (unpaired) electrons. The number of carbonyl (C=O) groups is 3. The fourth-order valence-electron chi connectivity index (χ4n) is 2.50. The number of amides is 4. The van der Waals surface area contributed by atoms with Gasteiger partial charge in [0, 0.05) is 30.0 Å². The van der Waals surface area contributed by atoms with E-state index in [1.165, 1.54) is 6.26 Å². The Morgan fingerprint density at radius 2 is 1.45 bits per heavy atom. The summed E-state index contributed by atoms with van der Waals surface area (Å²) in [5.41, 5.74) is 1.73. The minimum absolute atomic E-state index is 0.0958. The van der Waals surface area contributed by atoms with E-state index in [0.29, 0.717) is 17.1 Å². The van der Waals surface area contributed by atoms with E-state index < -0.39 is 0 Å². The van der Waals surface area contributed by atoms with Crippen molar-refractivity contribution in [2.45, 2.75) is 6.42 Å². The molecule has 0 aliphatic heterocycles. The van der Waals surface area contributed by atoms with Crippen LogP contribution < -0.4 is 21.3 Å². The number of hydrogen-bond donors (Lipinski definition) is 4. The van der Waals surface area contributed by atoms with E-state index >= 15 is 0 Å². The van der Waals surface area contributed by atoms with Crippen LogP contribution in [0.3, 0.4) is 0 Å². The van der Waals surface area contributed by atoms with E-state index in [-0.39, 0.29) is 36.6 Å². The van der Waals surface area contributed by atoms with Crippen LogP contribution in [0.4, 0.5) is 21.9 Å². The zero-order chi connectivity index (χ0) is 20.5. The summed E-state index contributed by atoms with van der Waals surface area (Å²) in [6, 6.07) is 18.6. The summed E-state index contributed by atoms with van der Waals surface area (Å²) in [6.45, 7) is 0.169. The summed E-state index contributed by atoms with van der Waals surface area (Å²) >= 11 is 0. The summed E-state index contributed by atoms with van der Waals surface area (Å²) in [6.07, 6.45) is 1.50. The Hall–Kier alpha value is -4.07. The van der Waals surface area contributed by atoms with Gasteiger partial charge in [-0.1, -0.05) is 24.3 Å². The van der Waals surface area contributed by atoms with Crippen LogP contribution in [-0.4, -0.2) is 24.4 Å². The molecule has 0 aliphatic rings. The number of hydrogen-bond acceptors (Lipinski definition) is 4. The lowest BCUT2D eigenvalue weighted by Crippen LogP contribution is -2.27. The van der Waals surface area contributed by atoms with Crippen LogP contribution >= 0.6 is 0 Å². The summed E-state index contributed by atoms with van der Waals surface area (Å²) < 4.78 is 4.98. The number of nitrogens with one attached hydrogen (secondary N) is 4. The highest BCUT2D eigenvalue weighted by atomic mass is 16.3. The maximum Gasteiger partial charge on any atom is 0.323 e. The van der Waals surface area contributed by atoms with E-state index in [4.69, 9.17) is 4.42 Å². The van der Waals surface area contributed by atoms with Gasteiger partial charge in [0.2, 0.25) is 5.91 Å². The van der Waals surface area contributed by atoms with Gasteiger partial charge in [0.1, 0.15) is 0 Å². The van der Waals surface area contributed by atoms with Crippen molar-refractivity contribution in [1.29, 1.82) is 0 Å². The molecular weight excluding hydrogens is 372 g/mol. The van der Waals surface area contributed by atoms with Crippen molar-refractivity contribution in [3.8, 4) is 0 Å². The summed E-state index contributed by atoms with van der Waals surface area (Å²) in [4.78, 5) is 35.9. The molecule has 0 saturated carbocycles. The van der Waals surface area contributed by atoms with E-state index in [1.807, 2.05) is 18.2 Å². The Morgan fingerprint density at radius 1 is 0.759 bits per heavy atom. The average Bonchev–Trinajstić information content (AvgIpc) is 3.24. The molecule has 0 saturated heterocycles. The smallest absolute Gasteiger partial charge is 0.323 e. The predicted octanol–water partition coefficient (Wildman–Crippen LogP) is 3.68. The van der Waals surface area contributed by atoms with Gasteiger partial charge in [0.05, 0.1) is 6.26 Å². The number of urea groups is 1. The lowest BCUT2D eigenvalue weighted by molar-refractivity contribution is -0.116. The van der Waals surface area contributed by atoms with Gasteiger partial charge in [-0.25, -0.2) is 4.79 Å². The molecule has 1 aromatic heterocycles. The van der Waals surface area contributed by atoms with Crippen LogP contribution in [0.15, 0.2) is 77.4 Å². The highest BCUT2D eigenvalue weighted by Gasteiger charge is 2.09. The third-order valence-corrected chi connectivity index (χ3v) is 3.82. The van der Waals surface area contributed by atoms with Crippen LogP contribution in [0.1, 0.15) is 17.0 Å². The minimum atomic E-state index is -0.389. The Balaban J connectivity index is 1.45. The Labute approximate surface area is 167 Å². The number of carbonyl (C=O) groups excluding carboxylic acids is 3. The second-order valence-corrected chi connectivity index (χ2v) is 6.06. The number of anilines is 3. The van der Waals surface area contributed by atoms with Gasteiger partial charge in [-0.2, -0.15) is 0 Å². The van der Waals surface area contributed by atoms with Gasteiger partial charge in [-0.15, -0.1) is 0 Å².